The molecule has 24 heavy (non-hydrogen) atoms. The highest BCUT2D eigenvalue weighted by atomic mass is 32.2. The van der Waals surface area contributed by atoms with Crippen molar-refractivity contribution in [3.8, 4) is 0 Å². The molecule has 0 unspecified atom stereocenters. The molecule has 0 spiro atoms. The molecule has 1 aromatic rings. The quantitative estimate of drug-likeness (QED) is 0.371. The summed E-state index contributed by atoms with van der Waals surface area (Å²) in [5.41, 5.74) is 0. The number of aliphatic imine (C=N–C) groups is 1. The van der Waals surface area contributed by atoms with Crippen LogP contribution in [0.5, 0.6) is 0 Å². The Morgan fingerprint density at radius 3 is 2.67 bits per heavy atom. The number of hydrogen-bond donors (Lipinski definition) is 3. The zero-order valence-electron chi connectivity index (χ0n) is 14.2. The Bertz CT molecular complexity index is 627. The van der Waals surface area contributed by atoms with Crippen LogP contribution in [-0.2, 0) is 10.0 Å². The fourth-order valence-electron chi connectivity index (χ4n) is 2.60. The first-order valence-electron chi connectivity index (χ1n) is 8.06. The monoisotopic (exact) mass is 354 g/mol. The SMILES string of the molecule is CN=C(NCCNS(C)(=O)=O)NC1CCN(c2ccccn2)CC1. The van der Waals surface area contributed by atoms with Gasteiger partial charge in [-0.05, 0) is 25.0 Å². The fourth-order valence-corrected chi connectivity index (χ4v) is 3.07. The van der Waals surface area contributed by atoms with E-state index in [0.717, 1.165) is 38.0 Å². The second-order valence-electron chi connectivity index (χ2n) is 5.76. The molecular weight excluding hydrogens is 328 g/mol. The lowest BCUT2D eigenvalue weighted by atomic mass is 10.1. The van der Waals surface area contributed by atoms with Gasteiger partial charge in [-0.2, -0.15) is 0 Å². The maximum Gasteiger partial charge on any atom is 0.208 e. The summed E-state index contributed by atoms with van der Waals surface area (Å²) >= 11 is 0. The lowest BCUT2D eigenvalue weighted by Gasteiger charge is -2.33. The Kier molecular flexibility index (Phi) is 6.80. The molecule has 134 valence electrons. The first kappa shape index (κ1) is 18.5. The number of nitrogens with zero attached hydrogens (tertiary/aromatic N) is 3. The Balaban J connectivity index is 1.71. The smallest absolute Gasteiger partial charge is 0.208 e. The minimum atomic E-state index is -3.15. The summed E-state index contributed by atoms with van der Waals surface area (Å²) in [4.78, 5) is 10.9. The second kappa shape index (κ2) is 8.84. The van der Waals surface area contributed by atoms with Gasteiger partial charge in [0, 0.05) is 45.5 Å². The highest BCUT2D eigenvalue weighted by molar-refractivity contribution is 7.88. The highest BCUT2D eigenvalue weighted by Crippen LogP contribution is 2.17. The normalized spacial score (nSPS) is 16.9. The van der Waals surface area contributed by atoms with Crippen molar-refractivity contribution < 1.29 is 8.42 Å². The van der Waals surface area contributed by atoms with Gasteiger partial charge in [-0.25, -0.2) is 18.1 Å². The molecule has 0 atom stereocenters. The van der Waals surface area contributed by atoms with Crippen LogP contribution in [0, 0.1) is 0 Å². The van der Waals surface area contributed by atoms with Crippen molar-refractivity contribution in [3.05, 3.63) is 24.4 Å². The van der Waals surface area contributed by atoms with E-state index in [-0.39, 0.29) is 0 Å². The van der Waals surface area contributed by atoms with Gasteiger partial charge in [0.25, 0.3) is 0 Å². The predicted octanol–water partition coefficient (Wildman–Crippen LogP) is -0.235. The molecule has 2 heterocycles. The Hall–Kier alpha value is -1.87. The Morgan fingerprint density at radius 1 is 1.33 bits per heavy atom. The van der Waals surface area contributed by atoms with E-state index < -0.39 is 10.0 Å². The van der Waals surface area contributed by atoms with E-state index in [1.165, 1.54) is 0 Å². The van der Waals surface area contributed by atoms with Crippen LogP contribution in [0.3, 0.4) is 0 Å². The number of pyridine rings is 1. The van der Waals surface area contributed by atoms with Crippen molar-refractivity contribution in [2.24, 2.45) is 4.99 Å². The van der Waals surface area contributed by atoms with Crippen molar-refractivity contribution >= 4 is 21.8 Å². The topological polar surface area (TPSA) is 98.7 Å². The van der Waals surface area contributed by atoms with E-state index in [4.69, 9.17) is 0 Å². The fraction of sp³-hybridized carbons (Fsp3) is 0.600. The summed E-state index contributed by atoms with van der Waals surface area (Å²) < 4.78 is 24.5. The van der Waals surface area contributed by atoms with Crippen LogP contribution in [0.2, 0.25) is 0 Å². The lowest BCUT2D eigenvalue weighted by Crippen LogP contribution is -2.49. The zero-order chi connectivity index (χ0) is 17.4. The third kappa shape index (κ3) is 6.32. The number of piperidine rings is 1. The molecule has 0 bridgehead atoms. The first-order chi connectivity index (χ1) is 11.5. The van der Waals surface area contributed by atoms with Gasteiger partial charge in [0.2, 0.25) is 10.0 Å². The molecule has 0 amide bonds. The van der Waals surface area contributed by atoms with E-state index in [0.29, 0.717) is 25.1 Å². The van der Waals surface area contributed by atoms with Crippen LogP contribution in [0.15, 0.2) is 29.4 Å². The van der Waals surface area contributed by atoms with Crippen molar-refractivity contribution in [1.29, 1.82) is 0 Å². The van der Waals surface area contributed by atoms with Crippen molar-refractivity contribution in [2.45, 2.75) is 18.9 Å². The summed E-state index contributed by atoms with van der Waals surface area (Å²) in [6, 6.07) is 6.30. The number of aromatic nitrogens is 1. The van der Waals surface area contributed by atoms with Crippen molar-refractivity contribution in [1.82, 2.24) is 20.3 Å². The van der Waals surface area contributed by atoms with Crippen LogP contribution in [0.4, 0.5) is 5.82 Å². The lowest BCUT2D eigenvalue weighted by molar-refractivity contribution is 0.459. The molecule has 1 aromatic heterocycles. The van der Waals surface area contributed by atoms with Gasteiger partial charge < -0.3 is 15.5 Å². The van der Waals surface area contributed by atoms with E-state index >= 15 is 0 Å². The van der Waals surface area contributed by atoms with Gasteiger partial charge in [-0.1, -0.05) is 6.07 Å². The molecule has 3 N–H and O–H groups in total. The summed E-state index contributed by atoms with van der Waals surface area (Å²) in [7, 11) is -1.44. The third-order valence-corrected chi connectivity index (χ3v) is 4.54. The average Bonchev–Trinajstić information content (AvgIpc) is 2.58. The van der Waals surface area contributed by atoms with E-state index in [1.54, 1.807) is 7.05 Å². The van der Waals surface area contributed by atoms with Crippen LogP contribution < -0.4 is 20.3 Å². The maximum atomic E-state index is 11.0. The van der Waals surface area contributed by atoms with Crippen LogP contribution in [0.25, 0.3) is 0 Å². The molecule has 1 aliphatic rings. The third-order valence-electron chi connectivity index (χ3n) is 3.81. The van der Waals surface area contributed by atoms with Gasteiger partial charge in [-0.15, -0.1) is 0 Å². The highest BCUT2D eigenvalue weighted by Gasteiger charge is 2.20. The molecule has 0 saturated carbocycles. The summed E-state index contributed by atoms with van der Waals surface area (Å²) in [5, 5.41) is 6.51. The number of hydrogen-bond acceptors (Lipinski definition) is 5. The number of rotatable bonds is 6. The predicted molar refractivity (Wildman–Crippen MR) is 96.8 cm³/mol. The van der Waals surface area contributed by atoms with Gasteiger partial charge in [-0.3, -0.25) is 4.99 Å². The van der Waals surface area contributed by atoms with Gasteiger partial charge >= 0.3 is 0 Å². The Labute approximate surface area is 143 Å². The van der Waals surface area contributed by atoms with E-state index in [9.17, 15) is 8.42 Å². The molecular formula is C15H26N6O2S. The van der Waals surface area contributed by atoms with Gasteiger partial charge in [0.1, 0.15) is 5.82 Å². The van der Waals surface area contributed by atoms with E-state index in [2.05, 4.69) is 30.2 Å². The van der Waals surface area contributed by atoms with Crippen LogP contribution in [-0.4, -0.2) is 64.9 Å². The molecule has 0 aliphatic carbocycles. The van der Waals surface area contributed by atoms with Crippen LogP contribution in [0.1, 0.15) is 12.8 Å². The Morgan fingerprint density at radius 2 is 2.08 bits per heavy atom. The van der Waals surface area contributed by atoms with Gasteiger partial charge in [0.05, 0.1) is 6.26 Å². The standard InChI is InChI=1S/C15H26N6O2S/c1-16-15(18-9-10-19-24(2,22)23)20-13-6-11-21(12-7-13)14-5-3-4-8-17-14/h3-5,8,13,19H,6-7,9-12H2,1-2H3,(H2,16,18,20). The molecule has 1 aliphatic heterocycles. The first-order valence-corrected chi connectivity index (χ1v) is 9.95. The minimum Gasteiger partial charge on any atom is -0.356 e. The van der Waals surface area contributed by atoms with Crippen molar-refractivity contribution in [2.75, 3.05) is 44.4 Å². The number of nitrogens with one attached hydrogen (secondary N) is 3. The number of anilines is 1. The van der Waals surface area contributed by atoms with Crippen molar-refractivity contribution in [3.63, 3.8) is 0 Å². The molecule has 8 nitrogen and oxygen atoms in total. The second-order valence-corrected chi connectivity index (χ2v) is 7.59. The molecule has 1 fully saturated rings. The maximum absolute atomic E-state index is 11.0. The number of sulfonamides is 1. The molecule has 0 aromatic carbocycles. The summed E-state index contributed by atoms with van der Waals surface area (Å²) in [5.74, 6) is 1.71. The molecule has 2 rings (SSSR count). The van der Waals surface area contributed by atoms with Crippen LogP contribution >= 0.6 is 0 Å². The van der Waals surface area contributed by atoms with Gasteiger partial charge in [0.15, 0.2) is 5.96 Å². The molecule has 1 saturated heterocycles. The average molecular weight is 354 g/mol. The molecule has 9 heteroatoms. The zero-order valence-corrected chi connectivity index (χ0v) is 15.0. The summed E-state index contributed by atoms with van der Waals surface area (Å²) in [6.45, 7) is 2.71. The summed E-state index contributed by atoms with van der Waals surface area (Å²) in [6.07, 6.45) is 4.96. The number of guanidine groups is 1. The largest absolute Gasteiger partial charge is 0.356 e. The molecule has 0 radical (unpaired) electrons. The van der Waals surface area contributed by atoms with E-state index in [1.807, 2.05) is 24.4 Å². The minimum absolute atomic E-state index is 0.331.